The first-order valence-electron chi connectivity index (χ1n) is 7.32. The largest absolute Gasteiger partial charge is 0.497 e. The molecule has 1 aromatic heterocycles. The number of amides is 1. The highest BCUT2D eigenvalue weighted by Crippen LogP contribution is 2.30. The lowest BCUT2D eigenvalue weighted by molar-refractivity contribution is -0.119. The molecule has 0 saturated heterocycles. The van der Waals surface area contributed by atoms with Gasteiger partial charge in [-0.1, -0.05) is 6.07 Å². The molecule has 0 bridgehead atoms. The van der Waals surface area contributed by atoms with Crippen molar-refractivity contribution in [2.24, 2.45) is 0 Å². The first-order chi connectivity index (χ1) is 10.7. The number of methoxy groups -OCH3 is 1. The maximum Gasteiger partial charge on any atom is 0.250 e. The quantitative estimate of drug-likeness (QED) is 0.869. The Hall–Kier alpha value is -2.56. The molecule has 1 amide bonds. The van der Waals surface area contributed by atoms with Crippen molar-refractivity contribution >= 4 is 11.6 Å². The number of aryl methyl sites for hydroxylation is 1. The molecule has 5 nitrogen and oxygen atoms in total. The summed E-state index contributed by atoms with van der Waals surface area (Å²) >= 11 is 0. The summed E-state index contributed by atoms with van der Waals surface area (Å²) in [5.74, 6) is 0.728. The Labute approximate surface area is 128 Å². The molecule has 0 unspecified atom stereocenters. The zero-order valence-corrected chi connectivity index (χ0v) is 12.5. The smallest absolute Gasteiger partial charge is 0.250 e. The molecule has 22 heavy (non-hydrogen) atoms. The Morgan fingerprint density at radius 3 is 2.91 bits per heavy atom. The van der Waals surface area contributed by atoms with Gasteiger partial charge in [-0.2, -0.15) is 0 Å². The van der Waals surface area contributed by atoms with Crippen LogP contribution in [0.3, 0.4) is 0 Å². The summed E-state index contributed by atoms with van der Waals surface area (Å²) in [6, 6.07) is 10.6. The number of ether oxygens (including phenoxy) is 1. The van der Waals surface area contributed by atoms with Crippen LogP contribution >= 0.6 is 0 Å². The number of carbonyl (C=O) groups is 1. The van der Waals surface area contributed by atoms with E-state index in [0.717, 1.165) is 29.8 Å². The summed E-state index contributed by atoms with van der Waals surface area (Å²) in [6.45, 7) is 0.741. The molecule has 0 fully saturated rings. The fourth-order valence-electron chi connectivity index (χ4n) is 2.78. The minimum atomic E-state index is -0.164. The van der Waals surface area contributed by atoms with E-state index in [-0.39, 0.29) is 18.0 Å². The summed E-state index contributed by atoms with van der Waals surface area (Å²) in [6.07, 6.45) is 3.48. The van der Waals surface area contributed by atoms with Crippen molar-refractivity contribution in [3.63, 3.8) is 0 Å². The average molecular weight is 298 g/mol. The number of hydrogen-bond donors (Lipinski definition) is 0. The van der Waals surface area contributed by atoms with Crippen LogP contribution in [0.25, 0.3) is 0 Å². The molecule has 5 heteroatoms. The molecule has 0 atom stereocenters. The van der Waals surface area contributed by atoms with Crippen LogP contribution in [-0.4, -0.2) is 24.1 Å². The van der Waals surface area contributed by atoms with Gasteiger partial charge in [0.25, 0.3) is 5.56 Å². The van der Waals surface area contributed by atoms with E-state index in [4.69, 9.17) is 4.74 Å². The Bertz CT molecular complexity index is 752. The van der Waals surface area contributed by atoms with Crippen molar-refractivity contribution in [2.45, 2.75) is 19.4 Å². The van der Waals surface area contributed by atoms with Gasteiger partial charge in [0.15, 0.2) is 0 Å². The van der Waals surface area contributed by atoms with Gasteiger partial charge in [0, 0.05) is 24.5 Å². The maximum absolute atomic E-state index is 12.6. The maximum atomic E-state index is 12.6. The van der Waals surface area contributed by atoms with E-state index in [1.54, 1.807) is 30.3 Å². The Kier molecular flexibility index (Phi) is 3.96. The third-order valence-corrected chi connectivity index (χ3v) is 3.91. The normalized spacial score (nSPS) is 13.6. The van der Waals surface area contributed by atoms with Gasteiger partial charge >= 0.3 is 0 Å². The summed E-state index contributed by atoms with van der Waals surface area (Å²) in [5.41, 5.74) is 1.86. The summed E-state index contributed by atoms with van der Waals surface area (Å²) in [4.78, 5) is 26.1. The minimum Gasteiger partial charge on any atom is -0.497 e. The molecule has 2 aromatic rings. The highest BCUT2D eigenvalue weighted by molar-refractivity contribution is 5.94. The monoisotopic (exact) mass is 298 g/mol. The SMILES string of the molecule is COc1ccc2c(c1)CCCN2C(=O)Cn1ccccc1=O. The van der Waals surface area contributed by atoms with Crippen molar-refractivity contribution in [2.75, 3.05) is 18.6 Å². The second kappa shape index (κ2) is 6.05. The molecular formula is C17H18N2O3. The van der Waals surface area contributed by atoms with Crippen LogP contribution in [-0.2, 0) is 17.8 Å². The first-order valence-corrected chi connectivity index (χ1v) is 7.32. The second-order valence-electron chi connectivity index (χ2n) is 5.31. The molecule has 1 aliphatic heterocycles. The van der Waals surface area contributed by atoms with E-state index in [9.17, 15) is 9.59 Å². The molecule has 0 aliphatic carbocycles. The molecule has 0 radical (unpaired) electrons. The fourth-order valence-corrected chi connectivity index (χ4v) is 2.78. The van der Waals surface area contributed by atoms with Gasteiger partial charge in [-0.15, -0.1) is 0 Å². The molecule has 0 spiro atoms. The minimum absolute atomic E-state index is 0.0607. The highest BCUT2D eigenvalue weighted by Gasteiger charge is 2.23. The van der Waals surface area contributed by atoms with Gasteiger partial charge in [0.2, 0.25) is 5.91 Å². The topological polar surface area (TPSA) is 51.5 Å². The van der Waals surface area contributed by atoms with Gasteiger partial charge in [-0.05, 0) is 42.7 Å². The van der Waals surface area contributed by atoms with Crippen molar-refractivity contribution in [3.8, 4) is 5.75 Å². The van der Waals surface area contributed by atoms with Crippen LogP contribution in [0.4, 0.5) is 5.69 Å². The van der Waals surface area contributed by atoms with Crippen LogP contribution in [0, 0.1) is 0 Å². The molecule has 0 saturated carbocycles. The van der Waals surface area contributed by atoms with Crippen LogP contribution in [0.5, 0.6) is 5.75 Å². The molecular weight excluding hydrogens is 280 g/mol. The summed E-state index contributed by atoms with van der Waals surface area (Å²) in [7, 11) is 1.63. The molecule has 1 aromatic carbocycles. The molecule has 0 N–H and O–H groups in total. The molecule has 1 aliphatic rings. The number of fused-ring (bicyclic) bond motifs is 1. The highest BCUT2D eigenvalue weighted by atomic mass is 16.5. The zero-order chi connectivity index (χ0) is 15.5. The second-order valence-corrected chi connectivity index (χ2v) is 5.31. The van der Waals surface area contributed by atoms with Gasteiger partial charge in [-0.3, -0.25) is 9.59 Å². The van der Waals surface area contributed by atoms with Crippen molar-refractivity contribution < 1.29 is 9.53 Å². The first kappa shape index (κ1) is 14.4. The number of hydrogen-bond acceptors (Lipinski definition) is 3. The van der Waals surface area contributed by atoms with E-state index in [1.807, 2.05) is 18.2 Å². The fraction of sp³-hybridized carbons (Fsp3) is 0.294. The van der Waals surface area contributed by atoms with Gasteiger partial charge in [0.1, 0.15) is 12.3 Å². The van der Waals surface area contributed by atoms with Crippen LogP contribution in [0.2, 0.25) is 0 Å². The summed E-state index contributed by atoms with van der Waals surface area (Å²) in [5, 5.41) is 0. The number of nitrogens with zero attached hydrogens (tertiary/aromatic N) is 2. The van der Waals surface area contributed by atoms with E-state index >= 15 is 0 Å². The van der Waals surface area contributed by atoms with Crippen LogP contribution in [0.15, 0.2) is 47.4 Å². The standard InChI is InChI=1S/C17H18N2O3/c1-22-14-7-8-15-13(11-14)5-4-10-19(15)17(21)12-18-9-3-2-6-16(18)20/h2-3,6-9,11H,4-5,10,12H2,1H3. The lowest BCUT2D eigenvalue weighted by Gasteiger charge is -2.30. The third-order valence-electron chi connectivity index (χ3n) is 3.91. The van der Waals surface area contributed by atoms with E-state index in [0.29, 0.717) is 6.54 Å². The number of anilines is 1. The van der Waals surface area contributed by atoms with E-state index < -0.39 is 0 Å². The third kappa shape index (κ3) is 2.74. The lowest BCUT2D eigenvalue weighted by atomic mass is 10.0. The van der Waals surface area contributed by atoms with Gasteiger partial charge < -0.3 is 14.2 Å². The zero-order valence-electron chi connectivity index (χ0n) is 12.5. The predicted octanol–water partition coefficient (Wildman–Crippen LogP) is 1.84. The Morgan fingerprint density at radius 2 is 2.14 bits per heavy atom. The van der Waals surface area contributed by atoms with Gasteiger partial charge in [-0.25, -0.2) is 0 Å². The lowest BCUT2D eigenvalue weighted by Crippen LogP contribution is -2.39. The Morgan fingerprint density at radius 1 is 1.27 bits per heavy atom. The van der Waals surface area contributed by atoms with Crippen molar-refractivity contribution in [1.82, 2.24) is 4.57 Å². The van der Waals surface area contributed by atoms with E-state index in [1.165, 1.54) is 10.6 Å². The van der Waals surface area contributed by atoms with Crippen LogP contribution in [0.1, 0.15) is 12.0 Å². The van der Waals surface area contributed by atoms with E-state index in [2.05, 4.69) is 0 Å². The predicted molar refractivity (Wildman–Crippen MR) is 84.4 cm³/mol. The van der Waals surface area contributed by atoms with Crippen LogP contribution < -0.4 is 15.2 Å². The number of carbonyl (C=O) groups excluding carboxylic acids is 1. The number of aromatic nitrogens is 1. The number of benzene rings is 1. The van der Waals surface area contributed by atoms with Crippen molar-refractivity contribution in [3.05, 3.63) is 58.5 Å². The van der Waals surface area contributed by atoms with Gasteiger partial charge in [0.05, 0.1) is 7.11 Å². The molecule has 114 valence electrons. The number of pyridine rings is 1. The molecule has 2 heterocycles. The Balaban J connectivity index is 1.86. The average Bonchev–Trinajstić information content (AvgIpc) is 2.55. The summed E-state index contributed by atoms with van der Waals surface area (Å²) < 4.78 is 6.67. The molecule has 3 rings (SSSR count). The number of rotatable bonds is 3. The van der Waals surface area contributed by atoms with Crippen molar-refractivity contribution in [1.29, 1.82) is 0 Å².